The molecule has 1 heterocycles. The number of aliphatic hydroxyl groups is 1. The quantitative estimate of drug-likeness (QED) is 0.272. The van der Waals surface area contributed by atoms with E-state index in [1.54, 1.807) is 61.7 Å². The van der Waals surface area contributed by atoms with Crippen molar-refractivity contribution in [1.29, 1.82) is 0 Å². The van der Waals surface area contributed by atoms with Crippen molar-refractivity contribution in [2.24, 2.45) is 0 Å². The molecule has 7 nitrogen and oxygen atoms in total. The lowest BCUT2D eigenvalue weighted by atomic mass is 9.94. The van der Waals surface area contributed by atoms with Crippen LogP contribution in [0.1, 0.15) is 36.6 Å². The third-order valence-electron chi connectivity index (χ3n) is 5.95. The van der Waals surface area contributed by atoms with Gasteiger partial charge in [0, 0.05) is 5.69 Å². The van der Waals surface area contributed by atoms with E-state index in [2.05, 4.69) is 0 Å². The molecule has 1 fully saturated rings. The summed E-state index contributed by atoms with van der Waals surface area (Å²) in [4.78, 5) is 28.3. The molecule has 0 aromatic heterocycles. The van der Waals surface area contributed by atoms with Gasteiger partial charge in [0.25, 0.3) is 11.7 Å². The zero-order valence-electron chi connectivity index (χ0n) is 20.9. The molecular weight excluding hydrogens is 458 g/mol. The number of carbonyl (C=O) groups is 2. The molecule has 1 aliphatic heterocycles. The van der Waals surface area contributed by atoms with Gasteiger partial charge in [-0.05, 0) is 74.9 Å². The van der Waals surface area contributed by atoms with Gasteiger partial charge in [0.15, 0.2) is 0 Å². The van der Waals surface area contributed by atoms with Gasteiger partial charge in [-0.2, -0.15) is 0 Å². The summed E-state index contributed by atoms with van der Waals surface area (Å²) in [6.07, 6.45) is -0.0650. The van der Waals surface area contributed by atoms with E-state index in [0.29, 0.717) is 34.1 Å². The molecule has 0 aliphatic carbocycles. The Morgan fingerprint density at radius 2 is 1.64 bits per heavy atom. The van der Waals surface area contributed by atoms with Crippen molar-refractivity contribution >= 4 is 23.1 Å². The first-order chi connectivity index (χ1) is 17.2. The third-order valence-corrected chi connectivity index (χ3v) is 5.95. The highest BCUT2D eigenvalue weighted by atomic mass is 16.5. The number of carbonyl (C=O) groups excluding carboxylic acids is 2. The smallest absolute Gasteiger partial charge is 0.300 e. The molecular formula is C29H29NO6. The molecule has 0 bridgehead atoms. The van der Waals surface area contributed by atoms with Crippen LogP contribution in [0, 0.1) is 6.92 Å². The van der Waals surface area contributed by atoms with Crippen molar-refractivity contribution in [3.8, 4) is 17.2 Å². The second kappa shape index (κ2) is 10.2. The fourth-order valence-corrected chi connectivity index (χ4v) is 4.34. The Bertz CT molecular complexity index is 1330. The van der Waals surface area contributed by atoms with Crippen LogP contribution in [0.3, 0.4) is 0 Å². The number of ketones is 1. The topological polar surface area (TPSA) is 85.3 Å². The van der Waals surface area contributed by atoms with Crippen LogP contribution in [0.15, 0.2) is 72.3 Å². The lowest BCUT2D eigenvalue weighted by molar-refractivity contribution is -0.132. The van der Waals surface area contributed by atoms with Gasteiger partial charge >= 0.3 is 0 Å². The normalized spacial score (nSPS) is 16.9. The van der Waals surface area contributed by atoms with E-state index in [1.807, 2.05) is 32.9 Å². The zero-order valence-corrected chi connectivity index (χ0v) is 20.9. The molecule has 1 saturated heterocycles. The van der Waals surface area contributed by atoms with Crippen LogP contribution in [0.5, 0.6) is 17.2 Å². The number of hydrogen-bond donors (Lipinski definition) is 1. The van der Waals surface area contributed by atoms with Crippen LogP contribution in [0.4, 0.5) is 5.69 Å². The maximum absolute atomic E-state index is 13.5. The number of benzene rings is 3. The van der Waals surface area contributed by atoms with Crippen molar-refractivity contribution in [3.63, 3.8) is 0 Å². The lowest BCUT2D eigenvalue weighted by Crippen LogP contribution is -2.29. The Hall–Kier alpha value is -4.26. The fourth-order valence-electron chi connectivity index (χ4n) is 4.34. The van der Waals surface area contributed by atoms with Crippen LogP contribution in [-0.2, 0) is 9.59 Å². The van der Waals surface area contributed by atoms with Crippen molar-refractivity contribution in [2.45, 2.75) is 32.9 Å². The summed E-state index contributed by atoms with van der Waals surface area (Å²) in [5.41, 5.74) is 2.29. The molecule has 7 heteroatoms. The molecule has 3 aromatic carbocycles. The van der Waals surface area contributed by atoms with Crippen LogP contribution in [-0.4, -0.2) is 37.1 Å². The molecule has 1 amide bonds. The van der Waals surface area contributed by atoms with E-state index in [4.69, 9.17) is 14.2 Å². The van der Waals surface area contributed by atoms with Crippen molar-refractivity contribution in [2.75, 3.05) is 19.1 Å². The molecule has 3 aromatic rings. The van der Waals surface area contributed by atoms with Gasteiger partial charge in [0.2, 0.25) is 0 Å². The van der Waals surface area contributed by atoms with E-state index < -0.39 is 17.7 Å². The number of Topliss-reactive ketones (excluding diaryl/α,β-unsaturated/α-hetero) is 1. The van der Waals surface area contributed by atoms with Gasteiger partial charge in [-0.1, -0.05) is 23.8 Å². The Morgan fingerprint density at radius 3 is 2.28 bits per heavy atom. The lowest BCUT2D eigenvalue weighted by Gasteiger charge is -2.26. The molecule has 0 spiro atoms. The molecule has 0 radical (unpaired) electrons. The van der Waals surface area contributed by atoms with Gasteiger partial charge in [-0.25, -0.2) is 0 Å². The average molecular weight is 488 g/mol. The number of ether oxygens (including phenoxy) is 3. The first-order valence-corrected chi connectivity index (χ1v) is 11.6. The van der Waals surface area contributed by atoms with Gasteiger partial charge in [-0.3, -0.25) is 14.5 Å². The van der Waals surface area contributed by atoms with E-state index in [0.717, 1.165) is 5.56 Å². The van der Waals surface area contributed by atoms with Crippen LogP contribution in [0.2, 0.25) is 0 Å². The Kier molecular flexibility index (Phi) is 7.01. The minimum Gasteiger partial charge on any atom is -0.507 e. The number of amides is 1. The summed E-state index contributed by atoms with van der Waals surface area (Å²) in [5.74, 6) is -0.227. The Morgan fingerprint density at radius 1 is 0.917 bits per heavy atom. The number of aliphatic hydroxyl groups excluding tert-OH is 1. The highest BCUT2D eigenvalue weighted by Crippen LogP contribution is 2.44. The summed E-state index contributed by atoms with van der Waals surface area (Å²) in [5, 5.41) is 11.5. The summed E-state index contributed by atoms with van der Waals surface area (Å²) in [6, 6.07) is 18.4. The highest BCUT2D eigenvalue weighted by molar-refractivity contribution is 6.51. The van der Waals surface area contributed by atoms with E-state index in [1.165, 1.54) is 12.0 Å². The van der Waals surface area contributed by atoms with E-state index in [9.17, 15) is 14.7 Å². The summed E-state index contributed by atoms with van der Waals surface area (Å²) < 4.78 is 16.6. The molecule has 1 atom stereocenters. The van der Waals surface area contributed by atoms with Crippen LogP contribution in [0.25, 0.3) is 5.76 Å². The number of rotatable bonds is 7. The monoisotopic (exact) mass is 487 g/mol. The minimum absolute atomic E-state index is 0.0265. The SMILES string of the molecule is COc1ccc(N2C(=O)C(=O)/C(=C(/O)c3cc(C)ccc3OC)C2c2cccc(OC(C)C)c2)cc1. The van der Waals surface area contributed by atoms with Crippen molar-refractivity contribution < 1.29 is 28.9 Å². The largest absolute Gasteiger partial charge is 0.507 e. The molecule has 0 saturated carbocycles. The average Bonchev–Trinajstić information content (AvgIpc) is 3.13. The van der Waals surface area contributed by atoms with Gasteiger partial charge in [0.05, 0.1) is 37.5 Å². The zero-order chi connectivity index (χ0) is 26.0. The predicted octanol–water partition coefficient (Wildman–Crippen LogP) is 5.43. The summed E-state index contributed by atoms with van der Waals surface area (Å²) in [6.45, 7) is 5.70. The standard InChI is InChI=1S/C29H29NO6/c1-17(2)36-22-8-6-7-19(16-22)26-25(27(31)23-15-18(3)9-14-24(23)35-5)28(32)29(33)30(26)20-10-12-21(34-4)13-11-20/h6-17,26,31H,1-5H3/b27-25+. The maximum Gasteiger partial charge on any atom is 0.300 e. The first kappa shape index (κ1) is 24.9. The summed E-state index contributed by atoms with van der Waals surface area (Å²) >= 11 is 0. The minimum atomic E-state index is -0.890. The predicted molar refractivity (Wildman–Crippen MR) is 138 cm³/mol. The molecule has 1 unspecified atom stereocenters. The van der Waals surface area contributed by atoms with Crippen molar-refractivity contribution in [3.05, 3.63) is 89.0 Å². The molecule has 186 valence electrons. The Labute approximate surface area is 210 Å². The molecule has 1 N–H and O–H groups in total. The van der Waals surface area contributed by atoms with Gasteiger partial charge < -0.3 is 19.3 Å². The van der Waals surface area contributed by atoms with Crippen molar-refractivity contribution in [1.82, 2.24) is 0 Å². The fraction of sp³-hybridized carbons (Fsp3) is 0.241. The number of aryl methyl sites for hydroxylation is 1. The number of hydrogen-bond acceptors (Lipinski definition) is 6. The molecule has 1 aliphatic rings. The maximum atomic E-state index is 13.5. The van der Waals surface area contributed by atoms with E-state index in [-0.39, 0.29) is 17.4 Å². The number of methoxy groups -OCH3 is 2. The second-order valence-electron chi connectivity index (χ2n) is 8.81. The third kappa shape index (κ3) is 4.64. The highest BCUT2D eigenvalue weighted by Gasteiger charge is 2.47. The summed E-state index contributed by atoms with van der Waals surface area (Å²) in [7, 11) is 3.04. The van der Waals surface area contributed by atoms with E-state index >= 15 is 0 Å². The number of nitrogens with zero attached hydrogens (tertiary/aromatic N) is 1. The van der Waals surface area contributed by atoms with Gasteiger partial charge in [0.1, 0.15) is 23.0 Å². The second-order valence-corrected chi connectivity index (χ2v) is 8.81. The number of anilines is 1. The molecule has 4 rings (SSSR count). The van der Waals surface area contributed by atoms with Crippen LogP contribution >= 0.6 is 0 Å². The first-order valence-electron chi connectivity index (χ1n) is 11.6. The van der Waals surface area contributed by atoms with Crippen LogP contribution < -0.4 is 19.1 Å². The Balaban J connectivity index is 1.96. The molecule has 36 heavy (non-hydrogen) atoms. The van der Waals surface area contributed by atoms with Gasteiger partial charge in [-0.15, -0.1) is 0 Å².